The van der Waals surface area contributed by atoms with E-state index in [9.17, 15) is 4.79 Å². The van der Waals surface area contributed by atoms with E-state index in [1.54, 1.807) is 0 Å². The number of thioether (sulfide) groups is 1. The van der Waals surface area contributed by atoms with Gasteiger partial charge in [-0.25, -0.2) is 4.79 Å². The van der Waals surface area contributed by atoms with Crippen LogP contribution in [0.2, 0.25) is 0 Å². The second kappa shape index (κ2) is 9.60. The van der Waals surface area contributed by atoms with Crippen molar-refractivity contribution >= 4 is 17.9 Å². The van der Waals surface area contributed by atoms with Gasteiger partial charge in [0.05, 0.1) is 0 Å². The lowest BCUT2D eigenvalue weighted by molar-refractivity contribution is 0.0494. The summed E-state index contributed by atoms with van der Waals surface area (Å²) in [6.45, 7) is 5.47. The Morgan fingerprint density at radius 3 is 2.28 bits per heavy atom. The van der Waals surface area contributed by atoms with Crippen molar-refractivity contribution < 1.29 is 13.9 Å². The minimum atomic E-state index is -0.590. The van der Waals surface area contributed by atoms with Gasteiger partial charge in [-0.3, -0.25) is 0 Å². The molecular formula is C22H25N3O3S. The zero-order valence-electron chi connectivity index (χ0n) is 16.8. The Kier molecular flexibility index (Phi) is 6.93. The lowest BCUT2D eigenvalue weighted by atomic mass is 10.1. The SMILES string of the molecule is CC(C)(C)OC(=O)N[C@H](Cc1ccccc1)c1nnc(SCc2ccccc2)o1. The third-order valence-corrected chi connectivity index (χ3v) is 4.79. The second-order valence-corrected chi connectivity index (χ2v) is 8.50. The number of benzene rings is 2. The maximum Gasteiger partial charge on any atom is 0.408 e. The summed E-state index contributed by atoms with van der Waals surface area (Å²) in [7, 11) is 0. The monoisotopic (exact) mass is 411 g/mol. The number of hydrogen-bond acceptors (Lipinski definition) is 6. The number of ether oxygens (including phenoxy) is 1. The van der Waals surface area contributed by atoms with Gasteiger partial charge in [0, 0.05) is 12.2 Å². The van der Waals surface area contributed by atoms with Gasteiger partial charge in [0.1, 0.15) is 11.6 Å². The van der Waals surface area contributed by atoms with E-state index in [1.165, 1.54) is 17.3 Å². The lowest BCUT2D eigenvalue weighted by Crippen LogP contribution is -2.36. The Balaban J connectivity index is 1.71. The quantitative estimate of drug-likeness (QED) is 0.541. The summed E-state index contributed by atoms with van der Waals surface area (Å²) in [5.41, 5.74) is 1.63. The van der Waals surface area contributed by atoms with Crippen LogP contribution in [0.5, 0.6) is 0 Å². The predicted octanol–water partition coefficient (Wildman–Crippen LogP) is 5.17. The number of amides is 1. The van der Waals surface area contributed by atoms with Gasteiger partial charge >= 0.3 is 6.09 Å². The summed E-state index contributed by atoms with van der Waals surface area (Å²) in [6.07, 6.45) is 0.000509. The number of nitrogens with one attached hydrogen (secondary N) is 1. The Morgan fingerprint density at radius 2 is 1.66 bits per heavy atom. The molecule has 0 fully saturated rings. The molecule has 1 atom stereocenters. The molecule has 1 aromatic heterocycles. The first-order valence-corrected chi connectivity index (χ1v) is 10.4. The Labute approximate surface area is 175 Å². The molecule has 29 heavy (non-hydrogen) atoms. The van der Waals surface area contributed by atoms with Crippen molar-refractivity contribution in [3.8, 4) is 0 Å². The van der Waals surface area contributed by atoms with Crippen molar-refractivity contribution in [1.29, 1.82) is 0 Å². The third-order valence-electron chi connectivity index (χ3n) is 3.90. The van der Waals surface area contributed by atoms with E-state index in [0.717, 1.165) is 11.3 Å². The van der Waals surface area contributed by atoms with Crippen molar-refractivity contribution in [3.05, 3.63) is 77.7 Å². The summed E-state index contributed by atoms with van der Waals surface area (Å²) >= 11 is 1.46. The molecule has 3 aromatic rings. The molecule has 1 amide bonds. The van der Waals surface area contributed by atoms with Crippen LogP contribution in [0.4, 0.5) is 4.79 Å². The van der Waals surface area contributed by atoms with Crippen LogP contribution in [0, 0.1) is 0 Å². The Hall–Kier alpha value is -2.80. The molecule has 0 aliphatic rings. The van der Waals surface area contributed by atoms with Crippen molar-refractivity contribution in [2.75, 3.05) is 0 Å². The van der Waals surface area contributed by atoms with Crippen molar-refractivity contribution in [2.45, 2.75) is 49.8 Å². The van der Waals surface area contributed by atoms with Gasteiger partial charge in [-0.2, -0.15) is 0 Å². The summed E-state index contributed by atoms with van der Waals surface area (Å²) in [5, 5.41) is 11.6. The van der Waals surface area contributed by atoms with Crippen LogP contribution in [0.3, 0.4) is 0 Å². The molecule has 0 saturated heterocycles. The number of rotatable bonds is 7. The van der Waals surface area contributed by atoms with Gasteiger partial charge < -0.3 is 14.5 Å². The van der Waals surface area contributed by atoms with Crippen LogP contribution in [-0.4, -0.2) is 21.9 Å². The number of carbonyl (C=O) groups excluding carboxylic acids is 1. The van der Waals surface area contributed by atoms with E-state index >= 15 is 0 Å². The maximum absolute atomic E-state index is 12.3. The van der Waals surface area contributed by atoms with Crippen LogP contribution < -0.4 is 5.32 Å². The largest absolute Gasteiger partial charge is 0.444 e. The number of hydrogen-bond donors (Lipinski definition) is 1. The Bertz CT molecular complexity index is 908. The van der Waals surface area contributed by atoms with Crippen LogP contribution in [0.1, 0.15) is 43.8 Å². The summed E-state index contributed by atoms with van der Waals surface area (Å²) < 4.78 is 11.2. The van der Waals surface area contributed by atoms with E-state index in [1.807, 2.05) is 81.4 Å². The molecule has 0 aliphatic heterocycles. The van der Waals surface area contributed by atoms with Gasteiger partial charge in [-0.05, 0) is 31.9 Å². The fraction of sp³-hybridized carbons (Fsp3) is 0.318. The first-order valence-electron chi connectivity index (χ1n) is 9.42. The number of aromatic nitrogens is 2. The molecule has 2 aromatic carbocycles. The number of nitrogens with zero attached hydrogens (tertiary/aromatic N) is 2. The van der Waals surface area contributed by atoms with Crippen molar-refractivity contribution in [2.24, 2.45) is 0 Å². The molecule has 6 nitrogen and oxygen atoms in total. The highest BCUT2D eigenvalue weighted by molar-refractivity contribution is 7.98. The van der Waals surface area contributed by atoms with Crippen molar-refractivity contribution in [3.63, 3.8) is 0 Å². The summed E-state index contributed by atoms with van der Waals surface area (Å²) in [4.78, 5) is 12.3. The molecule has 3 rings (SSSR count). The molecular weight excluding hydrogens is 386 g/mol. The van der Waals surface area contributed by atoms with Crippen LogP contribution in [-0.2, 0) is 16.9 Å². The van der Waals surface area contributed by atoms with Crippen LogP contribution in [0.25, 0.3) is 0 Å². The molecule has 0 aliphatic carbocycles. The smallest absolute Gasteiger partial charge is 0.408 e. The van der Waals surface area contributed by atoms with E-state index < -0.39 is 17.7 Å². The molecule has 0 unspecified atom stereocenters. The molecule has 0 spiro atoms. The van der Waals surface area contributed by atoms with Gasteiger partial charge in [0.25, 0.3) is 5.22 Å². The topological polar surface area (TPSA) is 77.2 Å². The zero-order valence-corrected chi connectivity index (χ0v) is 17.6. The average Bonchev–Trinajstić information content (AvgIpc) is 3.15. The third kappa shape index (κ3) is 6.94. The predicted molar refractivity (Wildman–Crippen MR) is 113 cm³/mol. The molecule has 0 saturated carbocycles. The lowest BCUT2D eigenvalue weighted by Gasteiger charge is -2.22. The molecule has 0 bridgehead atoms. The van der Waals surface area contributed by atoms with E-state index in [-0.39, 0.29) is 0 Å². The van der Waals surface area contributed by atoms with E-state index in [4.69, 9.17) is 9.15 Å². The normalized spacial score (nSPS) is 12.4. The number of alkyl carbamates (subject to hydrolysis) is 1. The van der Waals surface area contributed by atoms with Gasteiger partial charge in [0.2, 0.25) is 5.89 Å². The average molecular weight is 412 g/mol. The molecule has 1 heterocycles. The molecule has 152 valence electrons. The standard InChI is InChI=1S/C22H25N3O3S/c1-22(2,3)28-20(26)23-18(14-16-10-6-4-7-11-16)19-24-25-21(27-19)29-15-17-12-8-5-9-13-17/h4-13,18H,14-15H2,1-3H3,(H,23,26)/t18-/m1/s1. The molecule has 1 N–H and O–H groups in total. The van der Waals surface area contributed by atoms with Crippen LogP contribution >= 0.6 is 11.8 Å². The molecule has 7 heteroatoms. The van der Waals surface area contributed by atoms with Crippen LogP contribution in [0.15, 0.2) is 70.3 Å². The minimum Gasteiger partial charge on any atom is -0.444 e. The number of carbonyl (C=O) groups is 1. The highest BCUT2D eigenvalue weighted by atomic mass is 32.2. The van der Waals surface area contributed by atoms with Crippen molar-refractivity contribution in [1.82, 2.24) is 15.5 Å². The van der Waals surface area contributed by atoms with Gasteiger partial charge in [-0.15, -0.1) is 10.2 Å². The fourth-order valence-corrected chi connectivity index (χ4v) is 3.36. The maximum atomic E-state index is 12.3. The first kappa shape index (κ1) is 20.9. The Morgan fingerprint density at radius 1 is 1.03 bits per heavy atom. The second-order valence-electron chi connectivity index (χ2n) is 7.57. The van der Waals surface area contributed by atoms with E-state index in [0.29, 0.717) is 17.5 Å². The highest BCUT2D eigenvalue weighted by Gasteiger charge is 2.25. The van der Waals surface area contributed by atoms with Gasteiger partial charge in [-0.1, -0.05) is 72.4 Å². The minimum absolute atomic E-state index is 0.357. The summed E-state index contributed by atoms with van der Waals surface area (Å²) in [5.74, 6) is 1.08. The van der Waals surface area contributed by atoms with E-state index in [2.05, 4.69) is 15.5 Å². The van der Waals surface area contributed by atoms with Gasteiger partial charge in [0.15, 0.2) is 0 Å². The summed E-state index contributed by atoms with van der Waals surface area (Å²) in [6, 6.07) is 19.4. The fourth-order valence-electron chi connectivity index (χ4n) is 2.64. The molecule has 0 radical (unpaired) electrons. The zero-order chi connectivity index (χ0) is 20.7. The first-order chi connectivity index (χ1) is 13.9. The highest BCUT2D eigenvalue weighted by Crippen LogP contribution is 2.25.